The third-order valence-electron chi connectivity index (χ3n) is 7.14. The van der Waals surface area contributed by atoms with Gasteiger partial charge in [0, 0.05) is 35.7 Å². The summed E-state index contributed by atoms with van der Waals surface area (Å²) in [4.78, 5) is 25.8. The first-order valence-electron chi connectivity index (χ1n) is 10.7. The summed E-state index contributed by atoms with van der Waals surface area (Å²) < 4.78 is 12.9. The molecule has 1 spiro atoms. The first-order valence-corrected chi connectivity index (χ1v) is 11.1. The van der Waals surface area contributed by atoms with Crippen LogP contribution in [0.4, 0.5) is 0 Å². The molecule has 5 rings (SSSR count). The molecular weight excluding hydrogens is 418 g/mol. The molecule has 1 N–H and O–H groups in total. The predicted molar refractivity (Wildman–Crippen MR) is 115 cm³/mol. The third-order valence-corrected chi connectivity index (χ3v) is 7.38. The maximum Gasteiger partial charge on any atom is 0.274 e. The van der Waals surface area contributed by atoms with Crippen LogP contribution < -0.4 is 10.3 Å². The molecule has 31 heavy (non-hydrogen) atoms. The quantitative estimate of drug-likeness (QED) is 0.728. The Morgan fingerprint density at radius 1 is 1.23 bits per heavy atom. The van der Waals surface area contributed by atoms with Crippen LogP contribution in [-0.2, 0) is 4.74 Å². The van der Waals surface area contributed by atoms with Crippen molar-refractivity contribution in [3.8, 4) is 5.75 Å². The maximum absolute atomic E-state index is 12.8. The fourth-order valence-electron chi connectivity index (χ4n) is 5.28. The van der Waals surface area contributed by atoms with E-state index < -0.39 is 0 Å². The van der Waals surface area contributed by atoms with Gasteiger partial charge in [0.05, 0.1) is 12.7 Å². The Bertz CT molecular complexity index is 1050. The van der Waals surface area contributed by atoms with E-state index >= 15 is 0 Å². The molecule has 164 valence electrons. The van der Waals surface area contributed by atoms with Crippen molar-refractivity contribution in [3.05, 3.63) is 57.0 Å². The summed E-state index contributed by atoms with van der Waals surface area (Å²) in [6.45, 7) is 6.21. The van der Waals surface area contributed by atoms with Gasteiger partial charge < -0.3 is 14.4 Å². The van der Waals surface area contributed by atoms with Gasteiger partial charge in [0.25, 0.3) is 11.5 Å². The minimum atomic E-state index is -0.355. The third kappa shape index (κ3) is 3.64. The highest BCUT2D eigenvalue weighted by molar-refractivity contribution is 6.30. The smallest absolute Gasteiger partial charge is 0.274 e. The fraction of sp³-hybridized carbons (Fsp3) is 0.522. The van der Waals surface area contributed by atoms with E-state index in [0.717, 1.165) is 30.6 Å². The number of likely N-dealkylation sites (tertiary alicyclic amines) is 1. The number of ether oxygens (including phenoxy) is 2. The van der Waals surface area contributed by atoms with Crippen LogP contribution in [0.1, 0.15) is 55.3 Å². The molecule has 2 aromatic rings. The molecule has 2 fully saturated rings. The van der Waals surface area contributed by atoms with Crippen molar-refractivity contribution in [2.45, 2.75) is 44.8 Å². The van der Waals surface area contributed by atoms with Crippen LogP contribution in [0.2, 0.25) is 5.02 Å². The van der Waals surface area contributed by atoms with Crippen molar-refractivity contribution in [3.63, 3.8) is 0 Å². The van der Waals surface area contributed by atoms with Gasteiger partial charge >= 0.3 is 0 Å². The van der Waals surface area contributed by atoms with Crippen LogP contribution in [0.25, 0.3) is 0 Å². The van der Waals surface area contributed by atoms with E-state index in [4.69, 9.17) is 21.1 Å². The Kier molecular flexibility index (Phi) is 4.86. The molecule has 8 heteroatoms. The molecule has 0 radical (unpaired) electrons. The van der Waals surface area contributed by atoms with Crippen molar-refractivity contribution in [1.82, 2.24) is 15.1 Å². The molecule has 3 aliphatic heterocycles. The number of fused-ring (bicyclic) bond motifs is 3. The number of halogens is 1. The molecule has 1 aromatic carbocycles. The number of hydrogen-bond donors (Lipinski definition) is 1. The first-order chi connectivity index (χ1) is 14.8. The minimum Gasteiger partial charge on any atom is -0.487 e. The number of carbonyl (C=O) groups is 1. The monoisotopic (exact) mass is 443 g/mol. The molecule has 4 heterocycles. The topological polar surface area (TPSA) is 84.5 Å². The van der Waals surface area contributed by atoms with Crippen LogP contribution in [0.3, 0.4) is 0 Å². The molecule has 0 bridgehead atoms. The molecule has 3 aliphatic rings. The molecule has 0 aliphatic carbocycles. The van der Waals surface area contributed by atoms with Crippen LogP contribution in [0.15, 0.2) is 35.1 Å². The molecule has 2 atom stereocenters. The van der Waals surface area contributed by atoms with Crippen LogP contribution in [0, 0.1) is 11.3 Å². The number of nitrogens with zero attached hydrogens (tertiary/aromatic N) is 2. The number of hydrogen-bond acceptors (Lipinski definition) is 5. The van der Waals surface area contributed by atoms with Crippen LogP contribution >= 0.6 is 11.6 Å². The lowest BCUT2D eigenvalue weighted by Crippen LogP contribution is -2.54. The van der Waals surface area contributed by atoms with Gasteiger partial charge in [0.2, 0.25) is 0 Å². The minimum absolute atomic E-state index is 0.0209. The normalized spacial score (nSPS) is 26.0. The zero-order valence-electron chi connectivity index (χ0n) is 17.7. The summed E-state index contributed by atoms with van der Waals surface area (Å²) in [7, 11) is 0. The van der Waals surface area contributed by atoms with Gasteiger partial charge in [-0.05, 0) is 62.8 Å². The number of aromatic amines is 1. The SMILES string of the molecule is CC1(C)Oc2ccc(Cl)cc2[C@H]2OCC3(CCN(C(=O)c4ccc(=O)[nH]n4)CC3)C[C@@H]21. The second-order valence-corrected chi connectivity index (χ2v) is 9.96. The highest BCUT2D eigenvalue weighted by atomic mass is 35.5. The standard InChI is InChI=1S/C23H26ClN3O4/c1-22(2)16-12-23(13-30-20(16)15-11-14(24)3-5-18(15)31-22)7-9-27(10-8-23)21(29)17-4-6-19(28)26-25-17/h3-6,11,16,20H,7-10,12-13H2,1-2H3,(H,26,28)/t16-,20+/m0/s1. The van der Waals surface area contributed by atoms with Gasteiger partial charge in [-0.25, -0.2) is 5.10 Å². The van der Waals surface area contributed by atoms with Gasteiger partial charge in [-0.2, -0.15) is 5.10 Å². The first kappa shape index (κ1) is 20.5. The van der Waals surface area contributed by atoms with Gasteiger partial charge in [0.15, 0.2) is 0 Å². The summed E-state index contributed by atoms with van der Waals surface area (Å²) in [6.07, 6.45) is 2.68. The van der Waals surface area contributed by atoms with E-state index in [1.54, 1.807) is 0 Å². The van der Waals surface area contributed by atoms with E-state index in [0.29, 0.717) is 24.7 Å². The van der Waals surface area contributed by atoms with E-state index in [1.165, 1.54) is 12.1 Å². The average molecular weight is 444 g/mol. The summed E-state index contributed by atoms with van der Waals surface area (Å²) >= 11 is 6.25. The van der Waals surface area contributed by atoms with Crippen molar-refractivity contribution in [2.75, 3.05) is 19.7 Å². The number of aromatic nitrogens is 2. The summed E-state index contributed by atoms with van der Waals surface area (Å²) in [6, 6.07) is 8.55. The van der Waals surface area contributed by atoms with Gasteiger partial charge in [-0.1, -0.05) is 11.6 Å². The second-order valence-electron chi connectivity index (χ2n) is 9.53. The molecular formula is C23H26ClN3O4. The highest BCUT2D eigenvalue weighted by Gasteiger charge is 2.53. The van der Waals surface area contributed by atoms with Crippen LogP contribution in [-0.4, -0.2) is 46.3 Å². The maximum atomic E-state index is 12.8. The Hall–Kier alpha value is -2.38. The number of carbonyl (C=O) groups excluding carboxylic acids is 1. The summed E-state index contributed by atoms with van der Waals surface area (Å²) in [5.41, 5.74) is 0.649. The van der Waals surface area contributed by atoms with Gasteiger partial charge in [0.1, 0.15) is 17.0 Å². The van der Waals surface area contributed by atoms with Gasteiger partial charge in [-0.3, -0.25) is 9.59 Å². The molecule has 7 nitrogen and oxygen atoms in total. The highest BCUT2D eigenvalue weighted by Crippen LogP contribution is 2.55. The van der Waals surface area contributed by atoms with Crippen molar-refractivity contribution < 1.29 is 14.3 Å². The zero-order chi connectivity index (χ0) is 21.8. The lowest BCUT2D eigenvalue weighted by Gasteiger charge is -2.54. The Morgan fingerprint density at radius 3 is 2.71 bits per heavy atom. The lowest BCUT2D eigenvalue weighted by molar-refractivity contribution is -0.173. The number of piperidine rings is 1. The van der Waals surface area contributed by atoms with Crippen LogP contribution in [0.5, 0.6) is 5.75 Å². The second kappa shape index (κ2) is 7.35. The zero-order valence-corrected chi connectivity index (χ0v) is 18.4. The van der Waals surface area contributed by atoms with Crippen molar-refractivity contribution in [1.29, 1.82) is 0 Å². The molecule has 2 saturated heterocycles. The fourth-order valence-corrected chi connectivity index (χ4v) is 5.46. The molecule has 0 saturated carbocycles. The van der Waals surface area contributed by atoms with E-state index in [-0.39, 0.29) is 40.2 Å². The number of rotatable bonds is 1. The van der Waals surface area contributed by atoms with Gasteiger partial charge in [-0.15, -0.1) is 0 Å². The average Bonchev–Trinajstić information content (AvgIpc) is 2.75. The van der Waals surface area contributed by atoms with E-state index in [9.17, 15) is 9.59 Å². The Morgan fingerprint density at radius 2 is 2.00 bits per heavy atom. The molecule has 0 unspecified atom stereocenters. The number of amides is 1. The summed E-state index contributed by atoms with van der Waals surface area (Å²) in [5, 5.41) is 6.90. The summed E-state index contributed by atoms with van der Waals surface area (Å²) in [5.74, 6) is 0.904. The van der Waals surface area contributed by atoms with Crippen molar-refractivity contribution in [2.24, 2.45) is 11.3 Å². The number of benzene rings is 1. The largest absolute Gasteiger partial charge is 0.487 e. The molecule has 1 amide bonds. The lowest BCUT2D eigenvalue weighted by atomic mass is 9.64. The van der Waals surface area contributed by atoms with E-state index in [2.05, 4.69) is 24.0 Å². The Balaban J connectivity index is 1.32. The van der Waals surface area contributed by atoms with E-state index in [1.807, 2.05) is 23.1 Å². The molecule has 1 aromatic heterocycles. The number of nitrogens with one attached hydrogen (secondary N) is 1. The predicted octanol–water partition coefficient (Wildman–Crippen LogP) is 3.59. The van der Waals surface area contributed by atoms with Crippen molar-refractivity contribution >= 4 is 17.5 Å². The Labute approximate surface area is 185 Å². The number of H-pyrrole nitrogens is 1.